The highest BCUT2D eigenvalue weighted by Crippen LogP contribution is 2.30. The molecule has 140 valence electrons. The highest BCUT2D eigenvalue weighted by atomic mass is 16.6. The summed E-state index contributed by atoms with van der Waals surface area (Å²) in [6.45, 7) is 1.23. The van der Waals surface area contributed by atoms with E-state index < -0.39 is 11.8 Å². The zero-order valence-electron chi connectivity index (χ0n) is 14.7. The summed E-state index contributed by atoms with van der Waals surface area (Å²) in [7, 11) is 1.58. The van der Waals surface area contributed by atoms with Gasteiger partial charge in [-0.3, -0.25) is 9.59 Å². The van der Waals surface area contributed by atoms with Gasteiger partial charge in [0.25, 0.3) is 0 Å². The number of carbonyl (C=O) groups is 2. The molecular weight excluding hydrogens is 350 g/mol. The first kappa shape index (κ1) is 18.2. The van der Waals surface area contributed by atoms with Gasteiger partial charge in [-0.1, -0.05) is 12.1 Å². The quantitative estimate of drug-likeness (QED) is 0.469. The van der Waals surface area contributed by atoms with E-state index in [1.54, 1.807) is 49.6 Å². The number of nitrogens with zero attached hydrogens (tertiary/aromatic N) is 1. The Morgan fingerprint density at radius 3 is 2.56 bits per heavy atom. The van der Waals surface area contributed by atoms with Crippen LogP contribution in [0.4, 0.5) is 0 Å². The lowest BCUT2D eigenvalue weighted by molar-refractivity contribution is -0.139. The molecule has 2 amide bonds. The zero-order valence-corrected chi connectivity index (χ0v) is 14.7. The Bertz CT molecular complexity index is 849. The number of fused-ring (bicyclic) bond motifs is 1. The van der Waals surface area contributed by atoms with Gasteiger partial charge in [0, 0.05) is 6.54 Å². The van der Waals surface area contributed by atoms with Crippen LogP contribution < -0.4 is 25.0 Å². The standard InChI is InChI=1S/C19H19N3O5/c1-25-15-5-2-13(3-6-15)11-20-18(23)19(24)22-21-12-14-4-7-16-17(10-14)27-9-8-26-16/h2-7,10,12H,8-9,11H2,1H3,(H,20,23)(H,22,24). The number of benzene rings is 2. The van der Waals surface area contributed by atoms with E-state index in [-0.39, 0.29) is 6.54 Å². The van der Waals surface area contributed by atoms with Gasteiger partial charge in [0.15, 0.2) is 11.5 Å². The Hall–Kier alpha value is -3.55. The van der Waals surface area contributed by atoms with E-state index >= 15 is 0 Å². The van der Waals surface area contributed by atoms with E-state index in [2.05, 4.69) is 15.8 Å². The minimum Gasteiger partial charge on any atom is -0.497 e. The molecule has 3 rings (SSSR count). The van der Waals surface area contributed by atoms with Gasteiger partial charge in [0.1, 0.15) is 19.0 Å². The van der Waals surface area contributed by atoms with Crippen molar-refractivity contribution in [3.63, 3.8) is 0 Å². The van der Waals surface area contributed by atoms with Gasteiger partial charge < -0.3 is 19.5 Å². The Morgan fingerprint density at radius 2 is 1.81 bits per heavy atom. The molecule has 0 fully saturated rings. The summed E-state index contributed by atoms with van der Waals surface area (Å²) in [5.74, 6) is 0.382. The van der Waals surface area contributed by atoms with Gasteiger partial charge in [-0.2, -0.15) is 5.10 Å². The van der Waals surface area contributed by atoms with E-state index in [4.69, 9.17) is 14.2 Å². The molecule has 1 heterocycles. The van der Waals surface area contributed by atoms with Crippen molar-refractivity contribution in [1.29, 1.82) is 0 Å². The monoisotopic (exact) mass is 369 g/mol. The SMILES string of the molecule is COc1ccc(CNC(=O)C(=O)NN=Cc2ccc3c(c2)OCCO3)cc1. The van der Waals surface area contributed by atoms with Crippen LogP contribution in [-0.2, 0) is 16.1 Å². The summed E-state index contributed by atoms with van der Waals surface area (Å²) >= 11 is 0. The van der Waals surface area contributed by atoms with Crippen LogP contribution in [0.3, 0.4) is 0 Å². The van der Waals surface area contributed by atoms with Crippen molar-refractivity contribution in [2.45, 2.75) is 6.54 Å². The van der Waals surface area contributed by atoms with Crippen molar-refractivity contribution < 1.29 is 23.8 Å². The van der Waals surface area contributed by atoms with Crippen LogP contribution in [0.15, 0.2) is 47.6 Å². The summed E-state index contributed by atoms with van der Waals surface area (Å²) in [6.07, 6.45) is 1.42. The molecule has 2 N–H and O–H groups in total. The topological polar surface area (TPSA) is 98.2 Å². The summed E-state index contributed by atoms with van der Waals surface area (Å²) in [5, 5.41) is 6.31. The first-order chi connectivity index (χ1) is 13.2. The van der Waals surface area contributed by atoms with E-state index in [1.165, 1.54) is 6.21 Å². The van der Waals surface area contributed by atoms with Crippen molar-refractivity contribution in [1.82, 2.24) is 10.7 Å². The normalized spacial score (nSPS) is 12.5. The third-order valence-electron chi connectivity index (χ3n) is 3.76. The molecule has 0 radical (unpaired) electrons. The van der Waals surface area contributed by atoms with Crippen molar-refractivity contribution in [3.05, 3.63) is 53.6 Å². The van der Waals surface area contributed by atoms with Crippen molar-refractivity contribution in [2.24, 2.45) is 5.10 Å². The maximum Gasteiger partial charge on any atom is 0.329 e. The number of hydrogen-bond donors (Lipinski definition) is 2. The Morgan fingerprint density at radius 1 is 1.07 bits per heavy atom. The lowest BCUT2D eigenvalue weighted by Crippen LogP contribution is -2.37. The molecule has 0 spiro atoms. The minimum absolute atomic E-state index is 0.224. The largest absolute Gasteiger partial charge is 0.497 e. The van der Waals surface area contributed by atoms with E-state index in [1.807, 2.05) is 0 Å². The zero-order chi connectivity index (χ0) is 19.1. The second-order valence-corrected chi connectivity index (χ2v) is 5.63. The van der Waals surface area contributed by atoms with Crippen LogP contribution in [0, 0.1) is 0 Å². The van der Waals surface area contributed by atoms with Crippen LogP contribution in [0.25, 0.3) is 0 Å². The summed E-state index contributed by atoms with van der Waals surface area (Å²) < 4.78 is 16.0. The van der Waals surface area contributed by atoms with Crippen LogP contribution in [0.2, 0.25) is 0 Å². The number of nitrogens with one attached hydrogen (secondary N) is 2. The van der Waals surface area contributed by atoms with Crippen molar-refractivity contribution in [2.75, 3.05) is 20.3 Å². The lowest BCUT2D eigenvalue weighted by atomic mass is 10.2. The van der Waals surface area contributed by atoms with Crippen LogP contribution in [-0.4, -0.2) is 38.4 Å². The average Bonchev–Trinajstić information content (AvgIpc) is 2.72. The van der Waals surface area contributed by atoms with Gasteiger partial charge in [-0.15, -0.1) is 0 Å². The molecule has 8 nitrogen and oxygen atoms in total. The smallest absolute Gasteiger partial charge is 0.329 e. The predicted molar refractivity (Wildman–Crippen MR) is 98.0 cm³/mol. The Balaban J connectivity index is 1.47. The Kier molecular flexibility index (Phi) is 5.88. The average molecular weight is 369 g/mol. The van der Waals surface area contributed by atoms with Crippen LogP contribution in [0.5, 0.6) is 17.2 Å². The van der Waals surface area contributed by atoms with Gasteiger partial charge in [0.05, 0.1) is 13.3 Å². The number of amides is 2. The fourth-order valence-electron chi connectivity index (χ4n) is 2.36. The Labute approximate surface area is 156 Å². The highest BCUT2D eigenvalue weighted by molar-refractivity contribution is 6.35. The molecule has 8 heteroatoms. The first-order valence-electron chi connectivity index (χ1n) is 8.29. The fourth-order valence-corrected chi connectivity index (χ4v) is 2.36. The number of ether oxygens (including phenoxy) is 3. The third-order valence-corrected chi connectivity index (χ3v) is 3.76. The highest BCUT2D eigenvalue weighted by Gasteiger charge is 2.13. The summed E-state index contributed by atoms with van der Waals surface area (Å²) in [5.41, 5.74) is 3.74. The van der Waals surface area contributed by atoms with Crippen molar-refractivity contribution >= 4 is 18.0 Å². The number of rotatable bonds is 5. The molecule has 0 saturated carbocycles. The molecule has 0 atom stereocenters. The van der Waals surface area contributed by atoms with Gasteiger partial charge in [-0.05, 0) is 41.5 Å². The number of carbonyl (C=O) groups excluding carboxylic acids is 2. The molecule has 0 saturated heterocycles. The predicted octanol–water partition coefficient (Wildman–Crippen LogP) is 1.23. The third kappa shape index (κ3) is 4.97. The maximum atomic E-state index is 11.8. The molecule has 2 aromatic rings. The molecule has 27 heavy (non-hydrogen) atoms. The van der Waals surface area contributed by atoms with Crippen LogP contribution >= 0.6 is 0 Å². The summed E-state index contributed by atoms with van der Waals surface area (Å²) in [4.78, 5) is 23.6. The van der Waals surface area contributed by atoms with Gasteiger partial charge in [-0.25, -0.2) is 5.43 Å². The van der Waals surface area contributed by atoms with Crippen molar-refractivity contribution in [3.8, 4) is 17.2 Å². The molecule has 1 aliphatic heterocycles. The second-order valence-electron chi connectivity index (χ2n) is 5.63. The number of hydrazone groups is 1. The molecule has 0 bridgehead atoms. The number of hydrogen-bond acceptors (Lipinski definition) is 6. The number of methoxy groups -OCH3 is 1. The van der Waals surface area contributed by atoms with Crippen LogP contribution in [0.1, 0.15) is 11.1 Å². The molecule has 0 aromatic heterocycles. The summed E-state index contributed by atoms with van der Waals surface area (Å²) in [6, 6.07) is 12.4. The van der Waals surface area contributed by atoms with Gasteiger partial charge >= 0.3 is 11.8 Å². The fraction of sp³-hybridized carbons (Fsp3) is 0.211. The second kappa shape index (κ2) is 8.70. The lowest BCUT2D eigenvalue weighted by Gasteiger charge is -2.18. The van der Waals surface area contributed by atoms with Gasteiger partial charge in [0.2, 0.25) is 0 Å². The minimum atomic E-state index is -0.850. The maximum absolute atomic E-state index is 11.8. The molecule has 0 aliphatic carbocycles. The molecule has 2 aromatic carbocycles. The van der Waals surface area contributed by atoms with E-state index in [0.29, 0.717) is 30.3 Å². The van der Waals surface area contributed by atoms with E-state index in [0.717, 1.165) is 11.3 Å². The molecular formula is C19H19N3O5. The van der Waals surface area contributed by atoms with E-state index in [9.17, 15) is 9.59 Å². The first-order valence-corrected chi connectivity index (χ1v) is 8.29. The molecule has 0 unspecified atom stereocenters. The molecule has 1 aliphatic rings.